The van der Waals surface area contributed by atoms with Crippen molar-refractivity contribution in [2.45, 2.75) is 12.7 Å². The van der Waals surface area contributed by atoms with Gasteiger partial charge >= 0.3 is 12.2 Å². The minimum atomic E-state index is -4.88. The predicted molar refractivity (Wildman–Crippen MR) is 73.6 cm³/mol. The number of hydrogen-bond donors (Lipinski definition) is 2. The second-order valence-electron chi connectivity index (χ2n) is 4.70. The second-order valence-corrected chi connectivity index (χ2v) is 4.70. The Morgan fingerprint density at radius 2 is 1.71 bits per heavy atom. The third kappa shape index (κ3) is 4.18. The van der Waals surface area contributed by atoms with Crippen LogP contribution in [-0.2, 0) is 12.7 Å². The van der Waals surface area contributed by atoms with Crippen LogP contribution < -0.4 is 10.6 Å². The van der Waals surface area contributed by atoms with Crippen LogP contribution in [0.5, 0.6) is 0 Å². The molecule has 24 heavy (non-hydrogen) atoms. The van der Waals surface area contributed by atoms with Gasteiger partial charge in [0.2, 0.25) is 0 Å². The topological polar surface area (TPSA) is 41.1 Å². The summed E-state index contributed by atoms with van der Waals surface area (Å²) < 4.78 is 78.3. The first-order chi connectivity index (χ1) is 11.2. The predicted octanol–water partition coefficient (Wildman–Crippen LogP) is 4.44. The van der Waals surface area contributed by atoms with E-state index >= 15 is 0 Å². The van der Waals surface area contributed by atoms with Crippen molar-refractivity contribution in [3.8, 4) is 0 Å². The van der Waals surface area contributed by atoms with E-state index in [1.165, 1.54) is 0 Å². The summed E-state index contributed by atoms with van der Waals surface area (Å²) in [5.41, 5.74) is -2.63. The summed E-state index contributed by atoms with van der Waals surface area (Å²) >= 11 is 0. The van der Waals surface area contributed by atoms with E-state index in [9.17, 15) is 31.1 Å². The molecule has 2 aromatic rings. The molecule has 2 rings (SSSR count). The zero-order valence-corrected chi connectivity index (χ0v) is 11.8. The molecule has 0 saturated carbocycles. The molecule has 0 spiro atoms. The quantitative estimate of drug-likeness (QED) is 0.791. The third-order valence-electron chi connectivity index (χ3n) is 3.00. The SMILES string of the molecule is O=C(NCc1cc(F)ccc1F)Nc1c(F)cccc1C(F)(F)F. The third-order valence-corrected chi connectivity index (χ3v) is 3.00. The van der Waals surface area contributed by atoms with Crippen LogP contribution in [0.4, 0.5) is 36.8 Å². The van der Waals surface area contributed by atoms with Gasteiger partial charge in [-0.05, 0) is 30.3 Å². The Morgan fingerprint density at radius 3 is 2.38 bits per heavy atom. The summed E-state index contributed by atoms with van der Waals surface area (Å²) in [6, 6.07) is 3.52. The van der Waals surface area contributed by atoms with E-state index in [4.69, 9.17) is 0 Å². The average Bonchev–Trinajstić information content (AvgIpc) is 2.49. The van der Waals surface area contributed by atoms with Gasteiger partial charge in [-0.15, -0.1) is 0 Å². The van der Waals surface area contributed by atoms with Crippen molar-refractivity contribution < 1.29 is 31.1 Å². The van der Waals surface area contributed by atoms with Gasteiger partial charge in [0, 0.05) is 12.1 Å². The Labute approximate surface area is 132 Å². The highest BCUT2D eigenvalue weighted by molar-refractivity contribution is 5.90. The molecule has 128 valence electrons. The van der Waals surface area contributed by atoms with Gasteiger partial charge < -0.3 is 10.6 Å². The molecule has 0 fully saturated rings. The molecule has 3 nitrogen and oxygen atoms in total. The molecule has 2 amide bonds. The number of carbonyl (C=O) groups excluding carboxylic acids is 1. The Balaban J connectivity index is 2.12. The van der Waals surface area contributed by atoms with E-state index < -0.39 is 47.5 Å². The summed E-state index contributed by atoms with van der Waals surface area (Å²) in [7, 11) is 0. The number of nitrogens with one attached hydrogen (secondary N) is 2. The van der Waals surface area contributed by atoms with Gasteiger partial charge in [0.05, 0.1) is 11.3 Å². The van der Waals surface area contributed by atoms with Crippen LogP contribution in [0.25, 0.3) is 0 Å². The second kappa shape index (κ2) is 6.81. The summed E-state index contributed by atoms with van der Waals surface area (Å²) in [5, 5.41) is 3.76. The van der Waals surface area contributed by atoms with Crippen molar-refractivity contribution in [3.05, 3.63) is 65.0 Å². The molecule has 0 aliphatic carbocycles. The monoisotopic (exact) mass is 348 g/mol. The molecule has 0 bridgehead atoms. The minimum Gasteiger partial charge on any atom is -0.334 e. The maximum absolute atomic E-state index is 13.6. The lowest BCUT2D eigenvalue weighted by Gasteiger charge is -2.15. The molecule has 9 heteroatoms. The van der Waals surface area contributed by atoms with E-state index in [0.717, 1.165) is 30.3 Å². The number of amides is 2. The molecule has 0 aromatic heterocycles. The molecule has 2 N–H and O–H groups in total. The number of rotatable bonds is 3. The molecule has 0 aliphatic rings. The number of urea groups is 1. The minimum absolute atomic E-state index is 0.213. The molecule has 0 unspecified atom stereocenters. The van der Waals surface area contributed by atoms with Crippen molar-refractivity contribution >= 4 is 11.7 Å². The van der Waals surface area contributed by atoms with Gasteiger partial charge in [-0.3, -0.25) is 0 Å². The van der Waals surface area contributed by atoms with Crippen LogP contribution in [0, 0.1) is 17.5 Å². The van der Waals surface area contributed by atoms with Crippen LogP contribution in [-0.4, -0.2) is 6.03 Å². The van der Waals surface area contributed by atoms with Gasteiger partial charge in [0.1, 0.15) is 17.5 Å². The average molecular weight is 348 g/mol. The zero-order chi connectivity index (χ0) is 17.9. The largest absolute Gasteiger partial charge is 0.418 e. The van der Waals surface area contributed by atoms with E-state index in [0.29, 0.717) is 6.07 Å². The molecular formula is C15H10F6N2O. The first kappa shape index (κ1) is 17.6. The maximum atomic E-state index is 13.6. The summed E-state index contributed by atoms with van der Waals surface area (Å²) in [6.45, 7) is -0.495. The number of hydrogen-bond acceptors (Lipinski definition) is 1. The summed E-state index contributed by atoms with van der Waals surface area (Å²) in [6.07, 6.45) is -4.88. The van der Waals surface area contributed by atoms with Gasteiger partial charge in [0.25, 0.3) is 0 Å². The van der Waals surface area contributed by atoms with E-state index in [2.05, 4.69) is 0 Å². The van der Waals surface area contributed by atoms with Crippen molar-refractivity contribution in [2.75, 3.05) is 5.32 Å². The Kier molecular flexibility index (Phi) is 5.01. The number of para-hydroxylation sites is 1. The standard InChI is InChI=1S/C15H10F6N2O/c16-9-4-5-11(17)8(6-9)7-22-14(24)23-13-10(15(19,20)21)2-1-3-12(13)18/h1-6H,7H2,(H2,22,23,24). The highest BCUT2D eigenvalue weighted by Crippen LogP contribution is 2.36. The summed E-state index contributed by atoms with van der Waals surface area (Å²) in [5.74, 6) is -2.84. The molecule has 0 atom stereocenters. The number of anilines is 1. The van der Waals surface area contributed by atoms with Crippen LogP contribution in [0.1, 0.15) is 11.1 Å². The maximum Gasteiger partial charge on any atom is 0.418 e. The van der Waals surface area contributed by atoms with Crippen LogP contribution in [0.2, 0.25) is 0 Å². The van der Waals surface area contributed by atoms with E-state index in [1.807, 2.05) is 5.32 Å². The summed E-state index contributed by atoms with van der Waals surface area (Å²) in [4.78, 5) is 11.6. The molecule has 2 aromatic carbocycles. The Hall–Kier alpha value is -2.71. The Bertz CT molecular complexity index is 760. The molecule has 0 saturated heterocycles. The lowest BCUT2D eigenvalue weighted by Crippen LogP contribution is -2.30. The number of halogens is 6. The fourth-order valence-electron chi connectivity index (χ4n) is 1.90. The normalized spacial score (nSPS) is 11.2. The molecule has 0 heterocycles. The smallest absolute Gasteiger partial charge is 0.334 e. The fourth-order valence-corrected chi connectivity index (χ4v) is 1.90. The van der Waals surface area contributed by atoms with Crippen molar-refractivity contribution in [1.29, 1.82) is 0 Å². The molecule has 0 radical (unpaired) electrons. The van der Waals surface area contributed by atoms with Gasteiger partial charge in [0.15, 0.2) is 0 Å². The van der Waals surface area contributed by atoms with E-state index in [1.54, 1.807) is 5.32 Å². The molecular weight excluding hydrogens is 338 g/mol. The highest BCUT2D eigenvalue weighted by Gasteiger charge is 2.35. The van der Waals surface area contributed by atoms with Gasteiger partial charge in [-0.25, -0.2) is 18.0 Å². The molecule has 0 aliphatic heterocycles. The first-order valence-electron chi connectivity index (χ1n) is 6.53. The van der Waals surface area contributed by atoms with Crippen LogP contribution >= 0.6 is 0 Å². The van der Waals surface area contributed by atoms with E-state index in [-0.39, 0.29) is 5.56 Å². The van der Waals surface area contributed by atoms with Gasteiger partial charge in [-0.1, -0.05) is 6.07 Å². The van der Waals surface area contributed by atoms with Crippen LogP contribution in [0.15, 0.2) is 36.4 Å². The lowest BCUT2D eigenvalue weighted by molar-refractivity contribution is -0.137. The van der Waals surface area contributed by atoms with Crippen LogP contribution in [0.3, 0.4) is 0 Å². The fraction of sp³-hybridized carbons (Fsp3) is 0.133. The van der Waals surface area contributed by atoms with Gasteiger partial charge in [-0.2, -0.15) is 13.2 Å². The first-order valence-corrected chi connectivity index (χ1v) is 6.53. The van der Waals surface area contributed by atoms with Crippen molar-refractivity contribution in [3.63, 3.8) is 0 Å². The number of carbonyl (C=O) groups is 1. The Morgan fingerprint density at radius 1 is 1.00 bits per heavy atom. The number of alkyl halides is 3. The lowest BCUT2D eigenvalue weighted by atomic mass is 10.1. The van der Waals surface area contributed by atoms with Crippen molar-refractivity contribution in [1.82, 2.24) is 5.32 Å². The number of benzene rings is 2. The zero-order valence-electron chi connectivity index (χ0n) is 11.8. The van der Waals surface area contributed by atoms with Crippen molar-refractivity contribution in [2.24, 2.45) is 0 Å². The highest BCUT2D eigenvalue weighted by atomic mass is 19.4.